The molecule has 0 aliphatic carbocycles. The molecule has 0 aromatic carbocycles. The van der Waals surface area contributed by atoms with Crippen molar-refractivity contribution in [1.82, 2.24) is 24.8 Å². The summed E-state index contributed by atoms with van der Waals surface area (Å²) < 4.78 is 0. The number of anilines is 1. The highest BCUT2D eigenvalue weighted by atomic mass is 15.3. The van der Waals surface area contributed by atoms with Gasteiger partial charge in [0.05, 0.1) is 0 Å². The van der Waals surface area contributed by atoms with Gasteiger partial charge in [-0.3, -0.25) is 14.8 Å². The monoisotopic (exact) mass is 366 g/mol. The molecule has 3 fully saturated rings. The van der Waals surface area contributed by atoms with Crippen LogP contribution < -0.4 is 5.32 Å². The normalized spacial score (nSPS) is 23.3. The summed E-state index contributed by atoms with van der Waals surface area (Å²) in [4.78, 5) is 18.5. The van der Waals surface area contributed by atoms with Crippen molar-refractivity contribution in [1.29, 1.82) is 0 Å². The van der Waals surface area contributed by atoms with E-state index in [0.717, 1.165) is 44.5 Å². The molecule has 0 spiro atoms. The van der Waals surface area contributed by atoms with Gasteiger partial charge in [-0.25, -0.2) is 9.97 Å². The Labute approximate surface area is 162 Å². The predicted octanol–water partition coefficient (Wildman–Crippen LogP) is 2.79. The van der Waals surface area contributed by atoms with Gasteiger partial charge in [0, 0.05) is 75.7 Å². The Kier molecular flexibility index (Phi) is 5.94. The lowest BCUT2D eigenvalue weighted by atomic mass is 9.95. The molecule has 27 heavy (non-hydrogen) atoms. The smallest absolute Gasteiger partial charge is 0.222 e. The molecule has 2 bridgehead atoms. The Morgan fingerprint density at radius 2 is 1.93 bits per heavy atom. The predicted molar refractivity (Wildman–Crippen MR) is 107 cm³/mol. The Bertz CT molecular complexity index is 704. The van der Waals surface area contributed by atoms with Gasteiger partial charge in [0.2, 0.25) is 5.95 Å². The molecule has 5 heterocycles. The second-order valence-electron chi connectivity index (χ2n) is 7.92. The van der Waals surface area contributed by atoms with Crippen molar-refractivity contribution in [2.45, 2.75) is 45.3 Å². The third-order valence-electron chi connectivity index (χ3n) is 5.66. The average Bonchev–Trinajstić information content (AvgIpc) is 2.99. The number of hydrogen-bond acceptors (Lipinski definition) is 6. The van der Waals surface area contributed by atoms with Gasteiger partial charge in [-0.05, 0) is 36.8 Å². The number of nitrogens with one attached hydrogen (secondary N) is 1. The van der Waals surface area contributed by atoms with Crippen molar-refractivity contribution in [3.8, 4) is 0 Å². The molecule has 3 aliphatic heterocycles. The van der Waals surface area contributed by atoms with Crippen molar-refractivity contribution >= 4 is 5.95 Å². The van der Waals surface area contributed by atoms with Gasteiger partial charge in [0.25, 0.3) is 0 Å². The first kappa shape index (κ1) is 18.3. The first-order valence-electron chi connectivity index (χ1n) is 10.2. The minimum Gasteiger partial charge on any atom is -0.354 e. The molecule has 5 rings (SSSR count). The van der Waals surface area contributed by atoms with Gasteiger partial charge in [-0.15, -0.1) is 0 Å². The summed E-state index contributed by atoms with van der Waals surface area (Å²) in [6.45, 7) is 8.55. The Hall–Kier alpha value is -2.05. The van der Waals surface area contributed by atoms with Crippen LogP contribution in [0.4, 0.5) is 5.95 Å². The van der Waals surface area contributed by atoms with Crippen molar-refractivity contribution in [2.24, 2.45) is 5.92 Å². The molecular weight excluding hydrogens is 336 g/mol. The maximum absolute atomic E-state index is 4.47. The summed E-state index contributed by atoms with van der Waals surface area (Å²) in [6, 6.07) is 4.84. The van der Waals surface area contributed by atoms with E-state index in [1.807, 2.05) is 30.9 Å². The highest BCUT2D eigenvalue weighted by Gasteiger charge is 2.34. The van der Waals surface area contributed by atoms with Gasteiger partial charge in [0.1, 0.15) is 0 Å². The molecule has 0 saturated carbocycles. The zero-order valence-electron chi connectivity index (χ0n) is 16.2. The van der Waals surface area contributed by atoms with Crippen molar-refractivity contribution < 1.29 is 0 Å². The lowest BCUT2D eigenvalue weighted by molar-refractivity contribution is 0.123. The number of pyridine rings is 1. The molecule has 1 N–H and O–H groups in total. The third-order valence-corrected chi connectivity index (χ3v) is 5.66. The largest absolute Gasteiger partial charge is 0.354 e. The third kappa shape index (κ3) is 4.82. The Morgan fingerprint density at radius 1 is 1.04 bits per heavy atom. The van der Waals surface area contributed by atoms with Crippen LogP contribution >= 0.6 is 0 Å². The van der Waals surface area contributed by atoms with Crippen LogP contribution in [0.1, 0.15) is 37.3 Å². The fourth-order valence-electron chi connectivity index (χ4n) is 4.35. The highest BCUT2D eigenvalue weighted by Crippen LogP contribution is 2.29. The molecule has 2 atom stereocenters. The van der Waals surface area contributed by atoms with Crippen molar-refractivity contribution in [3.05, 3.63) is 48.0 Å². The summed E-state index contributed by atoms with van der Waals surface area (Å²) in [7, 11) is 0. The van der Waals surface area contributed by atoms with Crippen LogP contribution in [0.2, 0.25) is 0 Å². The summed E-state index contributed by atoms with van der Waals surface area (Å²) in [5, 5.41) is 3.24. The van der Waals surface area contributed by atoms with Crippen LogP contribution in [0.5, 0.6) is 0 Å². The Balaban J connectivity index is 1.37. The second kappa shape index (κ2) is 8.76. The number of aromatic nitrogens is 3. The summed E-state index contributed by atoms with van der Waals surface area (Å²) in [5.41, 5.74) is 2.53. The summed E-state index contributed by atoms with van der Waals surface area (Å²) >= 11 is 0. The van der Waals surface area contributed by atoms with E-state index in [2.05, 4.69) is 43.1 Å². The SMILES string of the molecule is CCCNc1ncc(CN2CC3CCC2CN(Cc2cccnc2)C3)cn1. The van der Waals surface area contributed by atoms with Crippen LogP contribution in [0.25, 0.3) is 0 Å². The zero-order valence-corrected chi connectivity index (χ0v) is 16.2. The number of nitrogens with zero attached hydrogens (tertiary/aromatic N) is 5. The van der Waals surface area contributed by atoms with Gasteiger partial charge < -0.3 is 5.32 Å². The molecule has 2 aromatic rings. The molecule has 0 radical (unpaired) electrons. The van der Waals surface area contributed by atoms with E-state index < -0.39 is 0 Å². The quantitative estimate of drug-likeness (QED) is 0.813. The first-order chi connectivity index (χ1) is 13.3. The molecule has 0 amide bonds. The minimum atomic E-state index is 0.623. The fraction of sp³-hybridized carbons (Fsp3) is 0.571. The highest BCUT2D eigenvalue weighted by molar-refractivity contribution is 5.24. The van der Waals surface area contributed by atoms with Gasteiger partial charge in [-0.1, -0.05) is 13.0 Å². The van der Waals surface area contributed by atoms with Crippen LogP contribution in [-0.4, -0.2) is 57.0 Å². The van der Waals surface area contributed by atoms with Crippen LogP contribution in [0.3, 0.4) is 0 Å². The molecule has 2 aromatic heterocycles. The number of hydrogen-bond donors (Lipinski definition) is 1. The maximum Gasteiger partial charge on any atom is 0.222 e. The molecule has 6 nitrogen and oxygen atoms in total. The van der Waals surface area contributed by atoms with E-state index in [4.69, 9.17) is 0 Å². The molecule has 144 valence electrons. The van der Waals surface area contributed by atoms with Crippen molar-refractivity contribution in [3.63, 3.8) is 0 Å². The van der Waals surface area contributed by atoms with Crippen LogP contribution in [-0.2, 0) is 13.1 Å². The summed E-state index contributed by atoms with van der Waals surface area (Å²) in [5.74, 6) is 1.49. The van der Waals surface area contributed by atoms with Gasteiger partial charge in [0.15, 0.2) is 0 Å². The second-order valence-corrected chi connectivity index (χ2v) is 7.92. The maximum atomic E-state index is 4.47. The summed E-state index contributed by atoms with van der Waals surface area (Å²) in [6.07, 6.45) is 11.5. The van der Waals surface area contributed by atoms with Gasteiger partial charge in [-0.2, -0.15) is 0 Å². The topological polar surface area (TPSA) is 57.2 Å². The molecular formula is C21H30N6. The van der Waals surface area contributed by atoms with E-state index in [1.54, 1.807) is 0 Å². The first-order valence-corrected chi connectivity index (χ1v) is 10.2. The van der Waals surface area contributed by atoms with E-state index in [9.17, 15) is 0 Å². The fourth-order valence-corrected chi connectivity index (χ4v) is 4.35. The van der Waals surface area contributed by atoms with Gasteiger partial charge >= 0.3 is 0 Å². The van der Waals surface area contributed by atoms with Crippen molar-refractivity contribution in [2.75, 3.05) is 31.5 Å². The number of rotatable bonds is 7. The molecule has 2 unspecified atom stereocenters. The molecule has 3 saturated heterocycles. The van der Waals surface area contributed by atoms with Crippen LogP contribution in [0, 0.1) is 5.92 Å². The lowest BCUT2D eigenvalue weighted by Gasteiger charge is -2.36. The molecule has 3 aliphatic rings. The number of piperidine rings is 1. The van der Waals surface area contributed by atoms with E-state index in [1.165, 1.54) is 37.1 Å². The average molecular weight is 367 g/mol. The lowest BCUT2D eigenvalue weighted by Crippen LogP contribution is -2.43. The van der Waals surface area contributed by atoms with E-state index in [0.29, 0.717) is 6.04 Å². The standard InChI is InChI=1S/C21H30N6/c1-2-7-23-21-24-10-19(11-25-21)15-27-14-18-5-6-20(27)16-26(13-18)12-17-4-3-8-22-9-17/h3-4,8-11,18,20H,2,5-7,12-16H2,1H3,(H,23,24,25). The minimum absolute atomic E-state index is 0.623. The van der Waals surface area contributed by atoms with E-state index >= 15 is 0 Å². The zero-order chi connectivity index (χ0) is 18.5. The van der Waals surface area contributed by atoms with Crippen LogP contribution in [0.15, 0.2) is 36.9 Å². The Morgan fingerprint density at radius 3 is 2.70 bits per heavy atom. The molecule has 6 heteroatoms. The van der Waals surface area contributed by atoms with E-state index in [-0.39, 0.29) is 0 Å². The number of fused-ring (bicyclic) bond motifs is 4.